The summed E-state index contributed by atoms with van der Waals surface area (Å²) in [6.07, 6.45) is 0.504. The summed E-state index contributed by atoms with van der Waals surface area (Å²) >= 11 is 15.9. The topological polar surface area (TPSA) is 101 Å². The lowest BCUT2D eigenvalue weighted by atomic mass is 10.0. The fourth-order valence-electron chi connectivity index (χ4n) is 1.96. The smallest absolute Gasteiger partial charge is 0.341 e. The van der Waals surface area contributed by atoms with Crippen molar-refractivity contribution in [2.75, 3.05) is 6.61 Å². The molecule has 9 heteroatoms. The molecule has 0 radical (unpaired) electrons. The number of carbonyl (C=O) groups is 3. The minimum absolute atomic E-state index is 0.0117. The third-order valence-electron chi connectivity index (χ3n) is 3.52. The van der Waals surface area contributed by atoms with Gasteiger partial charge in [0.05, 0.1) is 10.6 Å². The van der Waals surface area contributed by atoms with E-state index in [1.165, 1.54) is 18.2 Å². The highest BCUT2D eigenvalue weighted by Gasteiger charge is 2.18. The van der Waals surface area contributed by atoms with Crippen LogP contribution in [-0.4, -0.2) is 34.5 Å². The number of carboxylic acids is 2. The number of rotatable bonds is 7. The number of halogens is 2. The second-order valence-corrected chi connectivity index (χ2v) is 6.77. The van der Waals surface area contributed by atoms with Crippen LogP contribution in [0.2, 0.25) is 10.0 Å². The summed E-state index contributed by atoms with van der Waals surface area (Å²) in [6, 6.07) is 9.43. The molecule has 0 heterocycles. The van der Waals surface area contributed by atoms with Crippen LogP contribution >= 0.6 is 35.8 Å². The maximum Gasteiger partial charge on any atom is 0.341 e. The quantitative estimate of drug-likeness (QED) is 0.297. The van der Waals surface area contributed by atoms with E-state index in [2.05, 4.69) is 19.2 Å². The van der Waals surface area contributed by atoms with Gasteiger partial charge in [-0.05, 0) is 36.3 Å². The van der Waals surface area contributed by atoms with E-state index < -0.39 is 18.5 Å². The number of hydrogen-bond acceptors (Lipinski definition) is 5. The number of thiol groups is 1. The van der Waals surface area contributed by atoms with E-state index in [0.29, 0.717) is 16.9 Å². The zero-order chi connectivity index (χ0) is 22.1. The average Bonchev–Trinajstić information content (AvgIpc) is 2.68. The zero-order valence-electron chi connectivity index (χ0n) is 15.3. The van der Waals surface area contributed by atoms with Gasteiger partial charge < -0.3 is 14.9 Å². The first kappa shape index (κ1) is 24.6. The number of aromatic carboxylic acids is 1. The fraction of sp³-hybridized carbons (Fsp3) is 0.150. The fourth-order valence-corrected chi connectivity index (χ4v) is 2.68. The van der Waals surface area contributed by atoms with Gasteiger partial charge in [0.15, 0.2) is 12.4 Å². The Morgan fingerprint density at radius 1 is 1.03 bits per heavy atom. The number of ether oxygens (including phenoxy) is 1. The first-order chi connectivity index (χ1) is 13.6. The van der Waals surface area contributed by atoms with E-state index >= 15 is 0 Å². The molecule has 0 amide bonds. The highest BCUT2D eigenvalue weighted by atomic mass is 35.5. The molecule has 29 heavy (non-hydrogen) atoms. The summed E-state index contributed by atoms with van der Waals surface area (Å²) < 4.78 is 4.95. The molecule has 0 unspecified atom stereocenters. The van der Waals surface area contributed by atoms with Crippen molar-refractivity contribution >= 4 is 53.6 Å². The molecule has 0 fully saturated rings. The lowest BCUT2D eigenvalue weighted by molar-refractivity contribution is -0.139. The number of carboxylic acid groups (broad SMARTS) is 2. The van der Waals surface area contributed by atoms with E-state index in [0.717, 1.165) is 0 Å². The number of ketones is 1. The molecule has 0 saturated carbocycles. The van der Waals surface area contributed by atoms with Crippen LogP contribution in [0.1, 0.15) is 34.1 Å². The zero-order valence-corrected chi connectivity index (χ0v) is 17.7. The summed E-state index contributed by atoms with van der Waals surface area (Å²) in [5, 5.41) is 17.1. The SMILES string of the molecule is C=C(CC)C(=O)c1ccc(OCC(=O)O)c(Cl)c1Cl.O=C(O)c1ccccc1S. The Hall–Kier alpha value is -2.48. The molecule has 154 valence electrons. The predicted molar refractivity (Wildman–Crippen MR) is 114 cm³/mol. The van der Waals surface area contributed by atoms with Crippen LogP contribution in [0.15, 0.2) is 53.4 Å². The molecule has 0 bridgehead atoms. The first-order valence-corrected chi connectivity index (χ1v) is 9.36. The third kappa shape index (κ3) is 7.12. The number of aliphatic carboxylic acids is 1. The van der Waals surface area contributed by atoms with Crippen LogP contribution in [0, 0.1) is 0 Å². The molecule has 0 aliphatic rings. The molecular weight excluding hydrogens is 439 g/mol. The number of benzene rings is 2. The van der Waals surface area contributed by atoms with Crippen molar-refractivity contribution in [3.63, 3.8) is 0 Å². The van der Waals surface area contributed by atoms with Crippen LogP contribution in [0.4, 0.5) is 0 Å². The highest BCUT2D eigenvalue weighted by Crippen LogP contribution is 2.35. The molecule has 0 aliphatic carbocycles. The van der Waals surface area contributed by atoms with Crippen LogP contribution in [0.3, 0.4) is 0 Å². The van der Waals surface area contributed by atoms with Gasteiger partial charge in [0.2, 0.25) is 0 Å². The molecule has 0 spiro atoms. The monoisotopic (exact) mass is 456 g/mol. The number of hydrogen-bond donors (Lipinski definition) is 3. The normalized spacial score (nSPS) is 9.79. The molecule has 6 nitrogen and oxygen atoms in total. The highest BCUT2D eigenvalue weighted by molar-refractivity contribution is 7.80. The molecule has 2 aromatic rings. The standard InChI is InChI=1S/C13H12Cl2O4.C7H6O2S/c1-3-7(2)13(18)8-4-5-9(12(15)11(8)14)19-6-10(16)17;8-7(9)5-3-1-2-4-6(5)10/h4-5H,2-3,6H2,1H3,(H,16,17);1-4,10H,(H,8,9). The molecule has 2 aromatic carbocycles. The number of Topliss-reactive ketones (excluding diaryl/α,β-unsaturated/α-hetero) is 1. The van der Waals surface area contributed by atoms with Crippen molar-refractivity contribution in [1.29, 1.82) is 0 Å². The second kappa shape index (κ2) is 11.5. The van der Waals surface area contributed by atoms with Crippen molar-refractivity contribution < 1.29 is 29.3 Å². The third-order valence-corrected chi connectivity index (χ3v) is 4.78. The summed E-state index contributed by atoms with van der Waals surface area (Å²) in [4.78, 5) is 33.2. The van der Waals surface area contributed by atoms with Gasteiger partial charge in [-0.3, -0.25) is 4.79 Å². The number of allylic oxidation sites excluding steroid dienone is 1. The Bertz CT molecular complexity index is 943. The van der Waals surface area contributed by atoms with Gasteiger partial charge in [0.1, 0.15) is 10.8 Å². The van der Waals surface area contributed by atoms with Gasteiger partial charge in [-0.2, -0.15) is 0 Å². The Labute approximate surface area is 183 Å². The minimum atomic E-state index is -1.13. The Kier molecular flexibility index (Phi) is 9.74. The Morgan fingerprint density at radius 3 is 2.14 bits per heavy atom. The van der Waals surface area contributed by atoms with Gasteiger partial charge in [-0.15, -0.1) is 12.6 Å². The summed E-state index contributed by atoms with van der Waals surface area (Å²) in [5.41, 5.74) is 0.879. The minimum Gasteiger partial charge on any atom is -0.480 e. The molecule has 0 aromatic heterocycles. The maximum absolute atomic E-state index is 11.9. The lowest BCUT2D eigenvalue weighted by Gasteiger charge is -2.10. The van der Waals surface area contributed by atoms with Crippen molar-refractivity contribution in [2.45, 2.75) is 18.2 Å². The second-order valence-electron chi connectivity index (χ2n) is 5.53. The van der Waals surface area contributed by atoms with Crippen molar-refractivity contribution in [3.05, 3.63) is 69.7 Å². The van der Waals surface area contributed by atoms with Gasteiger partial charge in [0.25, 0.3) is 0 Å². The summed E-state index contributed by atoms with van der Waals surface area (Å²) in [5.74, 6) is -2.25. The van der Waals surface area contributed by atoms with Crippen LogP contribution in [-0.2, 0) is 4.79 Å². The molecular formula is C20H18Cl2O6S. The lowest BCUT2D eigenvalue weighted by Crippen LogP contribution is -2.10. The van der Waals surface area contributed by atoms with Gasteiger partial charge in [-0.1, -0.05) is 48.8 Å². The van der Waals surface area contributed by atoms with E-state index in [4.69, 9.17) is 38.2 Å². The summed E-state index contributed by atoms with van der Waals surface area (Å²) in [7, 11) is 0. The van der Waals surface area contributed by atoms with Gasteiger partial charge in [0, 0.05) is 10.5 Å². The Morgan fingerprint density at radius 2 is 1.66 bits per heavy atom. The van der Waals surface area contributed by atoms with Crippen LogP contribution < -0.4 is 4.74 Å². The van der Waals surface area contributed by atoms with E-state index in [-0.39, 0.29) is 32.7 Å². The van der Waals surface area contributed by atoms with Crippen LogP contribution in [0.5, 0.6) is 5.75 Å². The van der Waals surface area contributed by atoms with Crippen molar-refractivity contribution in [3.8, 4) is 5.75 Å². The molecule has 0 saturated heterocycles. The number of carbonyl (C=O) groups excluding carboxylic acids is 1. The maximum atomic E-state index is 11.9. The molecule has 0 aliphatic heterocycles. The molecule has 2 rings (SSSR count). The average molecular weight is 457 g/mol. The van der Waals surface area contributed by atoms with Crippen LogP contribution in [0.25, 0.3) is 0 Å². The van der Waals surface area contributed by atoms with E-state index in [1.54, 1.807) is 25.1 Å². The molecule has 0 atom stereocenters. The van der Waals surface area contributed by atoms with Crippen molar-refractivity contribution in [1.82, 2.24) is 0 Å². The molecule has 2 N–H and O–H groups in total. The van der Waals surface area contributed by atoms with Gasteiger partial charge >= 0.3 is 11.9 Å². The largest absolute Gasteiger partial charge is 0.480 e. The Balaban J connectivity index is 0.000000352. The van der Waals surface area contributed by atoms with E-state index in [9.17, 15) is 14.4 Å². The van der Waals surface area contributed by atoms with E-state index in [1.807, 2.05) is 0 Å². The summed E-state index contributed by atoms with van der Waals surface area (Å²) in [6.45, 7) is 4.91. The first-order valence-electron chi connectivity index (χ1n) is 8.16. The van der Waals surface area contributed by atoms with Gasteiger partial charge in [-0.25, -0.2) is 9.59 Å². The van der Waals surface area contributed by atoms with Crippen molar-refractivity contribution in [2.24, 2.45) is 0 Å². The predicted octanol–water partition coefficient (Wildman–Crippen LogP) is 5.28.